The second-order valence-electron chi connectivity index (χ2n) is 3.68. The topological polar surface area (TPSA) is 25.2 Å². The Bertz CT molecular complexity index is 558. The van der Waals surface area contributed by atoms with Crippen molar-refractivity contribution in [1.82, 2.24) is 4.57 Å². The van der Waals surface area contributed by atoms with Crippen molar-refractivity contribution in [3.8, 4) is 5.75 Å². The number of fused-ring (bicyclic) bond motifs is 1. The first-order chi connectivity index (χ1) is 6.95. The quantitative estimate of drug-likeness (QED) is 0.712. The van der Waals surface area contributed by atoms with E-state index in [-0.39, 0.29) is 5.39 Å². The monoisotopic (exact) mass is 211 g/mol. The first kappa shape index (κ1) is 9.96. The molecule has 80 valence electrons. The van der Waals surface area contributed by atoms with Crippen molar-refractivity contribution in [2.24, 2.45) is 7.05 Å². The number of hydrogen-bond donors (Lipinski definition) is 1. The molecular weight excluding hydrogens is 200 g/mol. The average molecular weight is 211 g/mol. The highest BCUT2D eigenvalue weighted by Crippen LogP contribution is 2.33. The predicted octanol–water partition coefficient (Wildman–Crippen LogP) is 2.78. The van der Waals surface area contributed by atoms with E-state index < -0.39 is 17.4 Å². The van der Waals surface area contributed by atoms with E-state index in [2.05, 4.69) is 0 Å². The number of phenols is 1. The van der Waals surface area contributed by atoms with E-state index in [0.717, 1.165) is 17.3 Å². The number of aryl methyl sites for hydroxylation is 2. The van der Waals surface area contributed by atoms with Crippen LogP contribution in [0.5, 0.6) is 5.75 Å². The van der Waals surface area contributed by atoms with Crippen LogP contribution in [-0.4, -0.2) is 9.67 Å². The molecule has 2 nitrogen and oxygen atoms in total. The summed E-state index contributed by atoms with van der Waals surface area (Å²) in [6.45, 7) is 3.57. The van der Waals surface area contributed by atoms with E-state index in [9.17, 15) is 8.78 Å². The summed E-state index contributed by atoms with van der Waals surface area (Å²) < 4.78 is 28.4. The summed E-state index contributed by atoms with van der Waals surface area (Å²) in [7, 11) is 1.74. The highest BCUT2D eigenvalue weighted by Gasteiger charge is 2.18. The molecule has 0 aliphatic carbocycles. The molecule has 0 atom stereocenters. The molecule has 1 heterocycles. The molecule has 1 aromatic carbocycles. The van der Waals surface area contributed by atoms with Crippen LogP contribution in [0.15, 0.2) is 6.07 Å². The number of aromatic hydroxyl groups is 1. The van der Waals surface area contributed by atoms with Gasteiger partial charge < -0.3 is 9.67 Å². The fourth-order valence-corrected chi connectivity index (χ4v) is 1.83. The minimum absolute atomic E-state index is 0.286. The lowest BCUT2D eigenvalue weighted by molar-refractivity contribution is 0.400. The zero-order chi connectivity index (χ0) is 11.3. The molecule has 0 spiro atoms. The van der Waals surface area contributed by atoms with E-state index in [1.165, 1.54) is 0 Å². The lowest BCUT2D eigenvalue weighted by Gasteiger charge is -2.01. The molecular formula is C11H11F2NO. The van der Waals surface area contributed by atoms with Gasteiger partial charge in [-0.3, -0.25) is 0 Å². The first-order valence-electron chi connectivity index (χ1n) is 4.57. The van der Waals surface area contributed by atoms with Crippen molar-refractivity contribution in [3.63, 3.8) is 0 Å². The summed E-state index contributed by atoms with van der Waals surface area (Å²) in [5.74, 6) is -2.72. The molecule has 0 bridgehead atoms. The zero-order valence-corrected chi connectivity index (χ0v) is 8.73. The van der Waals surface area contributed by atoms with Crippen molar-refractivity contribution in [2.45, 2.75) is 13.8 Å². The maximum atomic E-state index is 13.6. The van der Waals surface area contributed by atoms with Crippen LogP contribution in [0.3, 0.4) is 0 Å². The Kier molecular flexibility index (Phi) is 1.96. The maximum absolute atomic E-state index is 13.6. The van der Waals surface area contributed by atoms with Gasteiger partial charge in [0.25, 0.3) is 0 Å². The van der Waals surface area contributed by atoms with Crippen LogP contribution in [0.4, 0.5) is 8.78 Å². The molecule has 0 unspecified atom stereocenters. The second-order valence-corrected chi connectivity index (χ2v) is 3.68. The van der Waals surface area contributed by atoms with Crippen LogP contribution in [0.2, 0.25) is 0 Å². The summed E-state index contributed by atoms with van der Waals surface area (Å²) >= 11 is 0. The fourth-order valence-electron chi connectivity index (χ4n) is 1.83. The average Bonchev–Trinajstić information content (AvgIpc) is 2.40. The third-order valence-corrected chi connectivity index (χ3v) is 2.96. The van der Waals surface area contributed by atoms with Gasteiger partial charge in [-0.05, 0) is 19.4 Å². The molecule has 15 heavy (non-hydrogen) atoms. The van der Waals surface area contributed by atoms with E-state index in [1.54, 1.807) is 18.5 Å². The Balaban J connectivity index is 3.06. The van der Waals surface area contributed by atoms with Gasteiger partial charge >= 0.3 is 0 Å². The minimum atomic E-state index is -0.930. The van der Waals surface area contributed by atoms with Crippen molar-refractivity contribution in [1.29, 1.82) is 0 Å². The van der Waals surface area contributed by atoms with E-state index in [4.69, 9.17) is 5.11 Å². The summed E-state index contributed by atoms with van der Waals surface area (Å²) in [5.41, 5.74) is 2.03. The molecule has 0 radical (unpaired) electrons. The van der Waals surface area contributed by atoms with Crippen LogP contribution in [0, 0.1) is 25.5 Å². The van der Waals surface area contributed by atoms with Gasteiger partial charge in [-0.1, -0.05) is 0 Å². The van der Waals surface area contributed by atoms with Gasteiger partial charge in [-0.2, -0.15) is 0 Å². The number of aromatic nitrogens is 1. The Labute approximate surface area is 85.8 Å². The van der Waals surface area contributed by atoms with Crippen LogP contribution in [-0.2, 0) is 7.05 Å². The zero-order valence-electron chi connectivity index (χ0n) is 8.73. The molecule has 1 N–H and O–H groups in total. The molecule has 0 aliphatic heterocycles. The number of phenolic OH excluding ortho intramolecular Hbond substituents is 1. The van der Waals surface area contributed by atoms with Gasteiger partial charge in [0.1, 0.15) is 0 Å². The fraction of sp³-hybridized carbons (Fsp3) is 0.273. The SMILES string of the molecule is Cc1c(C)n(C)c2cc(F)c(O)c(F)c12. The second kappa shape index (κ2) is 2.95. The van der Waals surface area contributed by atoms with Crippen LogP contribution >= 0.6 is 0 Å². The van der Waals surface area contributed by atoms with Crippen LogP contribution in [0.25, 0.3) is 10.9 Å². The van der Waals surface area contributed by atoms with Gasteiger partial charge in [0.05, 0.1) is 5.52 Å². The van der Waals surface area contributed by atoms with Gasteiger partial charge in [0.15, 0.2) is 17.4 Å². The van der Waals surface area contributed by atoms with Crippen molar-refractivity contribution < 1.29 is 13.9 Å². The smallest absolute Gasteiger partial charge is 0.188 e. The predicted molar refractivity (Wildman–Crippen MR) is 54.0 cm³/mol. The lowest BCUT2D eigenvalue weighted by Crippen LogP contribution is -1.91. The number of nitrogens with zero attached hydrogens (tertiary/aromatic N) is 1. The highest BCUT2D eigenvalue weighted by molar-refractivity contribution is 5.87. The summed E-state index contributed by atoms with van der Waals surface area (Å²) in [4.78, 5) is 0. The van der Waals surface area contributed by atoms with Crippen molar-refractivity contribution in [2.75, 3.05) is 0 Å². The Morgan fingerprint density at radius 2 is 1.87 bits per heavy atom. The molecule has 0 saturated carbocycles. The van der Waals surface area contributed by atoms with Crippen molar-refractivity contribution >= 4 is 10.9 Å². The van der Waals surface area contributed by atoms with Gasteiger partial charge in [-0.15, -0.1) is 0 Å². The highest BCUT2D eigenvalue weighted by atomic mass is 19.1. The molecule has 0 fully saturated rings. The number of benzene rings is 1. The Morgan fingerprint density at radius 3 is 2.47 bits per heavy atom. The summed E-state index contributed by atoms with van der Waals surface area (Å²) in [5, 5.41) is 9.46. The minimum Gasteiger partial charge on any atom is -0.503 e. The largest absolute Gasteiger partial charge is 0.503 e. The molecule has 2 aromatic rings. The molecule has 1 aromatic heterocycles. The third-order valence-electron chi connectivity index (χ3n) is 2.96. The van der Waals surface area contributed by atoms with Gasteiger partial charge in [0.2, 0.25) is 0 Å². The first-order valence-corrected chi connectivity index (χ1v) is 4.57. The van der Waals surface area contributed by atoms with Gasteiger partial charge in [0, 0.05) is 24.2 Å². The third kappa shape index (κ3) is 1.14. The molecule has 4 heteroatoms. The Hall–Kier alpha value is -1.58. The molecule has 0 saturated heterocycles. The maximum Gasteiger partial charge on any atom is 0.188 e. The summed E-state index contributed by atoms with van der Waals surface area (Å²) in [6, 6.07) is 1.15. The lowest BCUT2D eigenvalue weighted by atomic mass is 10.1. The molecule has 2 rings (SSSR count). The van der Waals surface area contributed by atoms with Crippen molar-refractivity contribution in [3.05, 3.63) is 29.0 Å². The standard InChI is InChI=1S/C11H11F2NO/c1-5-6(2)14(3)8-4-7(12)11(15)10(13)9(5)8/h4,15H,1-3H3. The van der Waals surface area contributed by atoms with Crippen LogP contribution < -0.4 is 0 Å². The van der Waals surface area contributed by atoms with E-state index >= 15 is 0 Å². The van der Waals surface area contributed by atoms with Gasteiger partial charge in [-0.25, -0.2) is 8.78 Å². The Morgan fingerprint density at radius 1 is 1.27 bits per heavy atom. The van der Waals surface area contributed by atoms with E-state index in [1.807, 2.05) is 6.92 Å². The molecule has 0 aliphatic rings. The number of halogens is 2. The van der Waals surface area contributed by atoms with Crippen LogP contribution in [0.1, 0.15) is 11.3 Å². The number of hydrogen-bond acceptors (Lipinski definition) is 1. The normalized spacial score (nSPS) is 11.3. The summed E-state index contributed by atoms with van der Waals surface area (Å²) in [6.07, 6.45) is 0. The van der Waals surface area contributed by atoms with E-state index in [0.29, 0.717) is 5.52 Å². The number of rotatable bonds is 0. The molecule has 0 amide bonds.